The third kappa shape index (κ3) is 7.59. The van der Waals surface area contributed by atoms with Crippen molar-refractivity contribution < 1.29 is 19.1 Å². The van der Waals surface area contributed by atoms with Crippen LogP contribution in [0.1, 0.15) is 76.3 Å². The molecule has 0 aliphatic heterocycles. The van der Waals surface area contributed by atoms with Crippen molar-refractivity contribution in [3.63, 3.8) is 0 Å². The van der Waals surface area contributed by atoms with Gasteiger partial charge in [0.2, 0.25) is 11.8 Å². The molecule has 2 N–H and O–H groups in total. The first kappa shape index (κ1) is 29.2. The molecular weight excluding hydrogens is 478 g/mol. The molecule has 206 valence electrons. The summed E-state index contributed by atoms with van der Waals surface area (Å²) in [5.74, 6) is -0.266. The van der Waals surface area contributed by atoms with E-state index >= 15 is 0 Å². The van der Waals surface area contributed by atoms with Gasteiger partial charge in [0.15, 0.2) is 0 Å². The number of hydrogen-bond donors (Lipinski definition) is 2. The molecule has 2 aromatic carbocycles. The molecule has 0 radical (unpaired) electrons. The molecule has 4 unspecified atom stereocenters. The molecule has 0 heterocycles. The van der Waals surface area contributed by atoms with Gasteiger partial charge in [-0.3, -0.25) is 9.59 Å². The Hall–Kier alpha value is -3.35. The molecule has 0 spiro atoms. The van der Waals surface area contributed by atoms with Gasteiger partial charge in [-0.1, -0.05) is 55.5 Å². The van der Waals surface area contributed by atoms with Crippen molar-refractivity contribution in [2.75, 3.05) is 0 Å². The molecule has 1 fully saturated rings. The number of amides is 3. The van der Waals surface area contributed by atoms with Crippen molar-refractivity contribution in [1.29, 1.82) is 0 Å². The quantitative estimate of drug-likeness (QED) is 0.472. The minimum atomic E-state index is -0.904. The summed E-state index contributed by atoms with van der Waals surface area (Å²) in [6.07, 6.45) is 0.417. The van der Waals surface area contributed by atoms with Crippen LogP contribution < -0.4 is 10.6 Å². The molecular formula is C31H43N3O4. The minimum Gasteiger partial charge on any atom is -0.444 e. The van der Waals surface area contributed by atoms with E-state index in [1.165, 1.54) is 0 Å². The Balaban J connectivity index is 2.08. The summed E-state index contributed by atoms with van der Waals surface area (Å²) in [6.45, 7) is 15.2. The van der Waals surface area contributed by atoms with Crippen LogP contribution >= 0.6 is 0 Å². The van der Waals surface area contributed by atoms with E-state index in [0.717, 1.165) is 28.7 Å². The van der Waals surface area contributed by atoms with Crippen molar-refractivity contribution in [1.82, 2.24) is 15.5 Å². The van der Waals surface area contributed by atoms with E-state index in [0.29, 0.717) is 0 Å². The Kier molecular flexibility index (Phi) is 9.23. The van der Waals surface area contributed by atoms with Gasteiger partial charge in [0.05, 0.1) is 0 Å². The van der Waals surface area contributed by atoms with Crippen LogP contribution in [0, 0.1) is 19.8 Å². The fraction of sp³-hybridized carbons (Fsp3) is 0.516. The SMILES string of the molecule is Cc1cccc(C)c1C(C(=O)NC(C)C)N(C(=O)C(Cc1ccccc1)NC(=O)OC(C)(C)C)C1CC1C. The second kappa shape index (κ2) is 12.0. The summed E-state index contributed by atoms with van der Waals surface area (Å²) in [6, 6.07) is 13.5. The van der Waals surface area contributed by atoms with E-state index in [1.807, 2.05) is 76.2 Å². The zero-order chi connectivity index (χ0) is 28.2. The first-order chi connectivity index (χ1) is 17.8. The first-order valence-electron chi connectivity index (χ1n) is 13.5. The summed E-state index contributed by atoms with van der Waals surface area (Å²) < 4.78 is 5.52. The molecule has 3 rings (SSSR count). The van der Waals surface area contributed by atoms with Crippen LogP contribution in [0.5, 0.6) is 0 Å². The van der Waals surface area contributed by atoms with E-state index in [-0.39, 0.29) is 36.2 Å². The number of nitrogens with zero attached hydrogens (tertiary/aromatic N) is 1. The largest absolute Gasteiger partial charge is 0.444 e. The van der Waals surface area contributed by atoms with Crippen LogP contribution in [0.2, 0.25) is 0 Å². The van der Waals surface area contributed by atoms with E-state index in [4.69, 9.17) is 4.74 Å². The van der Waals surface area contributed by atoms with Gasteiger partial charge in [-0.25, -0.2) is 4.79 Å². The van der Waals surface area contributed by atoms with Crippen molar-refractivity contribution in [3.05, 3.63) is 70.8 Å². The van der Waals surface area contributed by atoms with Gasteiger partial charge in [0, 0.05) is 18.5 Å². The third-order valence-electron chi connectivity index (χ3n) is 6.72. The number of carbonyl (C=O) groups is 3. The fourth-order valence-corrected chi connectivity index (χ4v) is 4.87. The molecule has 0 aromatic heterocycles. The maximum atomic E-state index is 14.5. The summed E-state index contributed by atoms with van der Waals surface area (Å²) in [5.41, 5.74) is 2.90. The second-order valence-corrected chi connectivity index (χ2v) is 11.8. The molecule has 3 amide bonds. The van der Waals surface area contributed by atoms with Gasteiger partial charge in [0.1, 0.15) is 17.7 Å². The number of carbonyl (C=O) groups excluding carboxylic acids is 3. The molecule has 4 atom stereocenters. The van der Waals surface area contributed by atoms with Gasteiger partial charge in [0.25, 0.3) is 0 Å². The summed E-state index contributed by atoms with van der Waals surface area (Å²) >= 11 is 0. The highest BCUT2D eigenvalue weighted by Gasteiger charge is 2.48. The monoisotopic (exact) mass is 521 g/mol. The highest BCUT2D eigenvalue weighted by atomic mass is 16.6. The average Bonchev–Trinajstić information content (AvgIpc) is 3.52. The summed E-state index contributed by atoms with van der Waals surface area (Å²) in [7, 11) is 0. The number of hydrogen-bond acceptors (Lipinski definition) is 4. The Morgan fingerprint density at radius 2 is 1.55 bits per heavy atom. The lowest BCUT2D eigenvalue weighted by atomic mass is 9.92. The van der Waals surface area contributed by atoms with Gasteiger partial charge >= 0.3 is 6.09 Å². The molecule has 1 saturated carbocycles. The van der Waals surface area contributed by atoms with Crippen LogP contribution in [0.15, 0.2) is 48.5 Å². The molecule has 7 heteroatoms. The first-order valence-corrected chi connectivity index (χ1v) is 13.5. The van der Waals surface area contributed by atoms with Gasteiger partial charge < -0.3 is 20.3 Å². The van der Waals surface area contributed by atoms with Crippen molar-refractivity contribution in [2.24, 2.45) is 5.92 Å². The molecule has 0 bridgehead atoms. The third-order valence-corrected chi connectivity index (χ3v) is 6.72. The minimum absolute atomic E-state index is 0.0945. The molecule has 38 heavy (non-hydrogen) atoms. The predicted molar refractivity (Wildman–Crippen MR) is 150 cm³/mol. The lowest BCUT2D eigenvalue weighted by Gasteiger charge is -2.36. The maximum Gasteiger partial charge on any atom is 0.408 e. The number of rotatable bonds is 9. The smallest absolute Gasteiger partial charge is 0.408 e. The highest BCUT2D eigenvalue weighted by molar-refractivity contribution is 5.93. The van der Waals surface area contributed by atoms with Crippen molar-refractivity contribution in [2.45, 2.75) is 98.0 Å². The lowest BCUT2D eigenvalue weighted by Crippen LogP contribution is -2.55. The van der Waals surface area contributed by atoms with Crippen LogP contribution in [0.3, 0.4) is 0 Å². The lowest BCUT2D eigenvalue weighted by molar-refractivity contribution is -0.143. The van der Waals surface area contributed by atoms with Crippen LogP contribution in [-0.2, 0) is 20.7 Å². The van der Waals surface area contributed by atoms with E-state index in [2.05, 4.69) is 17.6 Å². The molecule has 0 saturated heterocycles. The van der Waals surface area contributed by atoms with Gasteiger partial charge in [-0.15, -0.1) is 0 Å². The number of ether oxygens (including phenoxy) is 1. The Morgan fingerprint density at radius 3 is 2.05 bits per heavy atom. The highest BCUT2D eigenvalue weighted by Crippen LogP contribution is 2.42. The second-order valence-electron chi connectivity index (χ2n) is 11.8. The Labute approximate surface area is 227 Å². The van der Waals surface area contributed by atoms with Crippen LogP contribution in [-0.4, -0.2) is 46.5 Å². The van der Waals surface area contributed by atoms with E-state index in [9.17, 15) is 14.4 Å². The number of benzene rings is 2. The number of aryl methyl sites for hydroxylation is 2. The maximum absolute atomic E-state index is 14.5. The Bertz CT molecular complexity index is 1120. The molecule has 7 nitrogen and oxygen atoms in total. The average molecular weight is 522 g/mol. The Morgan fingerprint density at radius 1 is 0.974 bits per heavy atom. The number of nitrogens with one attached hydrogen (secondary N) is 2. The number of alkyl carbamates (subject to hydrolysis) is 1. The zero-order valence-electron chi connectivity index (χ0n) is 24.0. The fourth-order valence-electron chi connectivity index (χ4n) is 4.87. The van der Waals surface area contributed by atoms with Gasteiger partial charge in [-0.2, -0.15) is 0 Å². The standard InChI is InChI=1S/C31H43N3O4/c1-19(2)32-28(35)27(26-20(3)13-12-14-21(26)4)34(25-17-22(25)5)29(36)24(18-23-15-10-9-11-16-23)33-30(37)38-31(6,7)8/h9-16,19,22,24-25,27H,17-18H2,1-8H3,(H,32,35)(H,33,37). The van der Waals surface area contributed by atoms with Crippen molar-refractivity contribution in [3.8, 4) is 0 Å². The zero-order valence-corrected chi connectivity index (χ0v) is 24.0. The van der Waals surface area contributed by atoms with E-state index in [1.54, 1.807) is 25.7 Å². The summed E-state index contributed by atoms with van der Waals surface area (Å²) in [4.78, 5) is 42.9. The van der Waals surface area contributed by atoms with Gasteiger partial charge in [-0.05, 0) is 83.1 Å². The van der Waals surface area contributed by atoms with Crippen molar-refractivity contribution >= 4 is 17.9 Å². The molecule has 1 aliphatic carbocycles. The molecule has 1 aliphatic rings. The predicted octanol–water partition coefficient (Wildman–Crippen LogP) is 5.24. The van der Waals surface area contributed by atoms with E-state index < -0.39 is 23.8 Å². The molecule has 2 aromatic rings. The van der Waals surface area contributed by atoms with Crippen LogP contribution in [0.25, 0.3) is 0 Å². The summed E-state index contributed by atoms with van der Waals surface area (Å²) in [5, 5.41) is 5.88. The normalized spacial score (nSPS) is 18.3. The topological polar surface area (TPSA) is 87.7 Å². The van der Waals surface area contributed by atoms with Crippen LogP contribution in [0.4, 0.5) is 4.79 Å².